The zero-order valence-corrected chi connectivity index (χ0v) is 15.0. The highest BCUT2D eigenvalue weighted by Crippen LogP contribution is 2.27. The molecule has 0 N–H and O–H groups in total. The predicted molar refractivity (Wildman–Crippen MR) is 99.6 cm³/mol. The molecule has 0 fully saturated rings. The van der Waals surface area contributed by atoms with Crippen molar-refractivity contribution in [1.82, 2.24) is 0 Å². The molecule has 0 heterocycles. The normalized spacial score (nSPS) is 11.2. The van der Waals surface area contributed by atoms with Crippen molar-refractivity contribution in [3.05, 3.63) is 84.7 Å². The maximum atomic E-state index is 13.1. The zero-order chi connectivity index (χ0) is 18.6. The first-order valence-corrected chi connectivity index (χ1v) is 9.56. The Balaban J connectivity index is 1.85. The highest BCUT2D eigenvalue weighted by Gasteiger charge is 2.23. The second kappa shape index (κ2) is 7.58. The van der Waals surface area contributed by atoms with Gasteiger partial charge in [-0.3, -0.25) is 4.31 Å². The minimum atomic E-state index is -3.77. The summed E-state index contributed by atoms with van der Waals surface area (Å²) in [6, 6.07) is 20.9. The molecule has 0 unspecified atom stereocenters. The number of benzene rings is 3. The molecule has 0 saturated heterocycles. The van der Waals surface area contributed by atoms with Gasteiger partial charge in [0.15, 0.2) is 0 Å². The molecule has 0 amide bonds. The lowest BCUT2D eigenvalue weighted by molar-refractivity contribution is 0.482. The third-order valence-corrected chi connectivity index (χ3v) is 5.71. The van der Waals surface area contributed by atoms with Crippen molar-refractivity contribution in [2.75, 3.05) is 10.8 Å². The molecule has 4 nitrogen and oxygen atoms in total. The molecule has 6 heteroatoms. The van der Waals surface area contributed by atoms with Gasteiger partial charge in [-0.25, -0.2) is 12.8 Å². The summed E-state index contributed by atoms with van der Waals surface area (Å²) >= 11 is 0. The Labute approximate surface area is 152 Å². The minimum absolute atomic E-state index is 0.0466. The highest BCUT2D eigenvalue weighted by atomic mass is 32.2. The van der Waals surface area contributed by atoms with E-state index in [4.69, 9.17) is 4.74 Å². The van der Waals surface area contributed by atoms with E-state index < -0.39 is 15.8 Å². The monoisotopic (exact) mass is 371 g/mol. The van der Waals surface area contributed by atoms with Gasteiger partial charge in [-0.2, -0.15) is 0 Å². The number of sulfonamides is 1. The van der Waals surface area contributed by atoms with E-state index in [1.807, 2.05) is 30.3 Å². The first kappa shape index (κ1) is 17.9. The molecule has 0 bridgehead atoms. The molecule has 0 aliphatic heterocycles. The van der Waals surface area contributed by atoms with Gasteiger partial charge in [0.1, 0.15) is 17.3 Å². The van der Waals surface area contributed by atoms with Gasteiger partial charge >= 0.3 is 0 Å². The Kier molecular flexibility index (Phi) is 5.23. The fourth-order valence-corrected chi connectivity index (χ4v) is 4.00. The molecule has 3 aromatic carbocycles. The van der Waals surface area contributed by atoms with Gasteiger partial charge in [-0.05, 0) is 67.6 Å². The van der Waals surface area contributed by atoms with Gasteiger partial charge in [-0.1, -0.05) is 18.2 Å². The number of nitrogens with zero attached hydrogens (tertiary/aromatic N) is 1. The van der Waals surface area contributed by atoms with Gasteiger partial charge in [0.25, 0.3) is 10.0 Å². The Morgan fingerprint density at radius 1 is 0.846 bits per heavy atom. The van der Waals surface area contributed by atoms with Gasteiger partial charge in [0.2, 0.25) is 0 Å². The molecule has 3 aromatic rings. The van der Waals surface area contributed by atoms with Gasteiger partial charge < -0.3 is 4.74 Å². The van der Waals surface area contributed by atoms with Crippen molar-refractivity contribution in [2.24, 2.45) is 0 Å². The lowest BCUT2D eigenvalue weighted by Gasteiger charge is -2.23. The number of hydrogen-bond donors (Lipinski definition) is 0. The number of anilines is 1. The SMILES string of the molecule is CCN(c1ccc(Oc2ccccc2)cc1)S(=O)(=O)c1ccc(F)cc1. The van der Waals surface area contributed by atoms with Crippen molar-refractivity contribution < 1.29 is 17.5 Å². The quantitative estimate of drug-likeness (QED) is 0.623. The fourth-order valence-electron chi connectivity index (χ4n) is 2.53. The lowest BCUT2D eigenvalue weighted by Crippen LogP contribution is -2.30. The van der Waals surface area contributed by atoms with Crippen LogP contribution >= 0.6 is 0 Å². The summed E-state index contributed by atoms with van der Waals surface area (Å²) in [7, 11) is -3.77. The van der Waals surface area contributed by atoms with Crippen LogP contribution in [0.3, 0.4) is 0 Å². The topological polar surface area (TPSA) is 46.6 Å². The summed E-state index contributed by atoms with van der Waals surface area (Å²) in [6.45, 7) is 1.99. The maximum Gasteiger partial charge on any atom is 0.264 e. The van der Waals surface area contributed by atoms with Gasteiger partial charge in [0.05, 0.1) is 10.6 Å². The van der Waals surface area contributed by atoms with Crippen LogP contribution in [0.2, 0.25) is 0 Å². The van der Waals surface area contributed by atoms with E-state index >= 15 is 0 Å². The number of rotatable bonds is 6. The van der Waals surface area contributed by atoms with Crippen molar-refractivity contribution in [3.8, 4) is 11.5 Å². The predicted octanol–water partition coefficient (Wildman–Crippen LogP) is 4.83. The average molecular weight is 371 g/mol. The zero-order valence-electron chi connectivity index (χ0n) is 14.2. The van der Waals surface area contributed by atoms with E-state index in [2.05, 4.69) is 0 Å². The Bertz CT molecular complexity index is 956. The standard InChI is InChI=1S/C20H18FNO3S/c1-2-22(26(23,24)20-14-8-16(21)9-15-20)17-10-12-19(13-11-17)25-18-6-4-3-5-7-18/h3-15H,2H2,1H3. The molecule has 0 saturated carbocycles. The molecule has 0 aliphatic carbocycles. The van der Waals surface area contributed by atoms with Crippen molar-refractivity contribution >= 4 is 15.7 Å². The largest absolute Gasteiger partial charge is 0.457 e. The van der Waals surface area contributed by atoms with Crippen LogP contribution in [-0.2, 0) is 10.0 Å². The van der Waals surface area contributed by atoms with Crippen LogP contribution in [0.15, 0.2) is 83.8 Å². The van der Waals surface area contributed by atoms with E-state index in [1.165, 1.54) is 16.4 Å². The van der Waals surface area contributed by atoms with Gasteiger partial charge in [0, 0.05) is 6.54 Å². The second-order valence-corrected chi connectivity index (χ2v) is 7.40. The summed E-state index contributed by atoms with van der Waals surface area (Å²) in [5, 5.41) is 0. The molecule has 134 valence electrons. The number of ether oxygens (including phenoxy) is 1. The molecule has 0 radical (unpaired) electrons. The maximum absolute atomic E-state index is 13.1. The van der Waals surface area contributed by atoms with Crippen LogP contribution in [-0.4, -0.2) is 15.0 Å². The third-order valence-electron chi connectivity index (χ3n) is 3.79. The van der Waals surface area contributed by atoms with Crippen LogP contribution < -0.4 is 9.04 Å². The third kappa shape index (κ3) is 3.86. The molecule has 26 heavy (non-hydrogen) atoms. The Morgan fingerprint density at radius 2 is 1.42 bits per heavy atom. The molecule has 3 rings (SSSR count). The first-order valence-electron chi connectivity index (χ1n) is 8.12. The van der Waals surface area contributed by atoms with E-state index in [1.54, 1.807) is 31.2 Å². The number of halogens is 1. The van der Waals surface area contributed by atoms with Crippen LogP contribution in [0.5, 0.6) is 11.5 Å². The smallest absolute Gasteiger partial charge is 0.264 e. The van der Waals surface area contributed by atoms with Crippen LogP contribution in [0.4, 0.5) is 10.1 Å². The summed E-state index contributed by atoms with van der Waals surface area (Å²) in [4.78, 5) is 0.0466. The second-order valence-electron chi connectivity index (χ2n) is 5.53. The molecular weight excluding hydrogens is 353 g/mol. The Hall–Kier alpha value is -2.86. The average Bonchev–Trinajstić information content (AvgIpc) is 2.65. The molecule has 0 spiro atoms. The van der Waals surface area contributed by atoms with Gasteiger partial charge in [-0.15, -0.1) is 0 Å². The summed E-state index contributed by atoms with van der Waals surface area (Å²) in [5.41, 5.74) is 0.511. The molecule has 0 aromatic heterocycles. The minimum Gasteiger partial charge on any atom is -0.457 e. The van der Waals surface area contributed by atoms with Crippen LogP contribution in [0, 0.1) is 5.82 Å². The molecular formula is C20H18FNO3S. The fraction of sp³-hybridized carbons (Fsp3) is 0.100. The summed E-state index contributed by atoms with van der Waals surface area (Å²) in [5.74, 6) is 0.830. The van der Waals surface area contributed by atoms with Crippen molar-refractivity contribution in [1.29, 1.82) is 0 Å². The van der Waals surface area contributed by atoms with E-state index in [9.17, 15) is 12.8 Å². The van der Waals surface area contributed by atoms with Crippen LogP contribution in [0.25, 0.3) is 0 Å². The summed E-state index contributed by atoms with van der Waals surface area (Å²) in [6.07, 6.45) is 0. The summed E-state index contributed by atoms with van der Waals surface area (Å²) < 4.78 is 45.7. The lowest BCUT2D eigenvalue weighted by atomic mass is 10.3. The molecule has 0 atom stereocenters. The van der Waals surface area contributed by atoms with Crippen LogP contribution in [0.1, 0.15) is 6.92 Å². The van der Waals surface area contributed by atoms with Crippen molar-refractivity contribution in [3.63, 3.8) is 0 Å². The van der Waals surface area contributed by atoms with Crippen molar-refractivity contribution in [2.45, 2.75) is 11.8 Å². The molecule has 0 aliphatic rings. The van der Waals surface area contributed by atoms with E-state index in [0.717, 1.165) is 12.1 Å². The Morgan fingerprint density at radius 3 is 2.00 bits per heavy atom. The highest BCUT2D eigenvalue weighted by molar-refractivity contribution is 7.92. The number of para-hydroxylation sites is 1. The van der Waals surface area contributed by atoms with E-state index in [-0.39, 0.29) is 11.4 Å². The van der Waals surface area contributed by atoms with E-state index in [0.29, 0.717) is 17.2 Å². The number of hydrogen-bond acceptors (Lipinski definition) is 3. The first-order chi connectivity index (χ1) is 12.5.